The highest BCUT2D eigenvalue weighted by atomic mass is 19.1. The van der Waals surface area contributed by atoms with E-state index < -0.39 is 12.1 Å². The fraction of sp³-hybridized carbons (Fsp3) is 0.500. The van der Waals surface area contributed by atoms with Crippen molar-refractivity contribution in [3.05, 3.63) is 59.4 Å². The van der Waals surface area contributed by atoms with Gasteiger partial charge in [-0.15, -0.1) is 0 Å². The van der Waals surface area contributed by atoms with Gasteiger partial charge < -0.3 is 15.5 Å². The van der Waals surface area contributed by atoms with E-state index in [-0.39, 0.29) is 6.04 Å². The number of likely N-dealkylation sites (N-methyl/N-ethyl adjacent to an activating group) is 1. The summed E-state index contributed by atoms with van der Waals surface area (Å²) >= 11 is 0. The molecule has 2 aliphatic rings. The monoisotopic (exact) mass is 386 g/mol. The molecule has 0 aliphatic carbocycles. The molecule has 0 spiro atoms. The lowest BCUT2D eigenvalue weighted by Crippen LogP contribution is -2.41. The maximum Gasteiger partial charge on any atom is 0.264 e. The van der Waals surface area contributed by atoms with Crippen molar-refractivity contribution in [3.63, 3.8) is 0 Å². The Bertz CT molecular complexity index is 733. The molecule has 0 aromatic heterocycles. The minimum absolute atomic E-state index is 0.116. The Morgan fingerprint density at radius 3 is 2.68 bits per heavy atom. The number of likely N-dealkylation sites (tertiary alicyclic amines) is 1. The molecular weight excluding hydrogens is 355 g/mol. The summed E-state index contributed by atoms with van der Waals surface area (Å²) in [4.78, 5) is 18.3. The fourth-order valence-corrected chi connectivity index (χ4v) is 4.07. The van der Waals surface area contributed by atoms with Crippen LogP contribution in [0.5, 0.6) is 0 Å². The van der Waals surface area contributed by atoms with E-state index in [0.29, 0.717) is 25.2 Å². The van der Waals surface area contributed by atoms with Gasteiger partial charge in [0.15, 0.2) is 0 Å². The first-order valence-corrected chi connectivity index (χ1v) is 10.1. The molecule has 5 nitrogen and oxygen atoms in total. The van der Waals surface area contributed by atoms with Crippen LogP contribution in [0.3, 0.4) is 0 Å². The second-order valence-corrected chi connectivity index (χ2v) is 7.68. The predicted molar refractivity (Wildman–Crippen MR) is 110 cm³/mol. The van der Waals surface area contributed by atoms with Crippen molar-refractivity contribution in [1.29, 1.82) is 0 Å². The van der Waals surface area contributed by atoms with Gasteiger partial charge in [0.1, 0.15) is 11.9 Å². The van der Waals surface area contributed by atoms with Crippen molar-refractivity contribution in [2.45, 2.75) is 32.0 Å². The maximum absolute atomic E-state index is 13.7. The number of hydrogen-bond donors (Lipinski definition) is 1. The molecule has 0 saturated carbocycles. The summed E-state index contributed by atoms with van der Waals surface area (Å²) < 4.78 is 13.7. The molecule has 6 heteroatoms. The molecule has 1 aromatic rings. The van der Waals surface area contributed by atoms with Gasteiger partial charge in [0.2, 0.25) is 0 Å². The molecule has 0 bridgehead atoms. The molecule has 2 heterocycles. The molecule has 1 fully saturated rings. The zero-order chi connectivity index (χ0) is 20.1. The molecule has 0 unspecified atom stereocenters. The number of alkyl halides is 1. The number of benzene rings is 1. The van der Waals surface area contributed by atoms with Gasteiger partial charge in [0, 0.05) is 38.9 Å². The molecule has 2 N–H and O–H groups in total. The van der Waals surface area contributed by atoms with Crippen LogP contribution in [0.15, 0.2) is 53.9 Å². The van der Waals surface area contributed by atoms with Gasteiger partial charge in [-0.25, -0.2) is 4.39 Å². The largest absolute Gasteiger partial charge is 0.368 e. The average molecular weight is 387 g/mol. The Hall–Kier alpha value is -2.34. The summed E-state index contributed by atoms with van der Waals surface area (Å²) in [6.45, 7) is 5.60. The first-order valence-electron chi connectivity index (χ1n) is 10.1. The number of carbonyl (C=O) groups excluding carboxylic acids is 1. The average Bonchev–Trinajstić information content (AvgIpc) is 3.11. The van der Waals surface area contributed by atoms with E-state index >= 15 is 0 Å². The third-order valence-electron chi connectivity index (χ3n) is 5.62. The van der Waals surface area contributed by atoms with Gasteiger partial charge in [-0.1, -0.05) is 37.3 Å². The van der Waals surface area contributed by atoms with Crippen LogP contribution in [0, 0.1) is 0 Å². The van der Waals surface area contributed by atoms with Gasteiger partial charge in [-0.3, -0.25) is 9.69 Å². The highest BCUT2D eigenvalue weighted by Gasteiger charge is 2.29. The molecule has 152 valence electrons. The van der Waals surface area contributed by atoms with E-state index in [4.69, 9.17) is 5.73 Å². The summed E-state index contributed by atoms with van der Waals surface area (Å²) in [5.74, 6) is -0.392. The van der Waals surface area contributed by atoms with E-state index in [0.717, 1.165) is 31.8 Å². The Morgan fingerprint density at radius 2 is 2.07 bits per heavy atom. The van der Waals surface area contributed by atoms with Crippen LogP contribution >= 0.6 is 0 Å². The zero-order valence-electron chi connectivity index (χ0n) is 16.9. The predicted octanol–water partition coefficient (Wildman–Crippen LogP) is 2.68. The molecule has 1 amide bonds. The highest BCUT2D eigenvalue weighted by molar-refractivity contribution is 5.92. The van der Waals surface area contributed by atoms with E-state index in [1.807, 2.05) is 35.3 Å². The molecular formula is C22H31FN4O. The van der Waals surface area contributed by atoms with Crippen molar-refractivity contribution in [1.82, 2.24) is 14.7 Å². The summed E-state index contributed by atoms with van der Waals surface area (Å²) in [5.41, 5.74) is 8.45. The molecule has 1 aromatic carbocycles. The van der Waals surface area contributed by atoms with Crippen molar-refractivity contribution in [2.75, 3.05) is 39.8 Å². The number of primary amides is 1. The summed E-state index contributed by atoms with van der Waals surface area (Å²) in [7, 11) is 2.08. The first kappa shape index (κ1) is 20.4. The van der Waals surface area contributed by atoms with Crippen LogP contribution in [-0.2, 0) is 4.79 Å². The lowest BCUT2D eigenvalue weighted by Gasteiger charge is -2.39. The molecule has 3 rings (SSSR count). The van der Waals surface area contributed by atoms with E-state index in [9.17, 15) is 9.18 Å². The summed E-state index contributed by atoms with van der Waals surface area (Å²) in [5, 5.41) is 0. The molecule has 0 radical (unpaired) electrons. The minimum Gasteiger partial charge on any atom is -0.368 e. The molecule has 2 aliphatic heterocycles. The summed E-state index contributed by atoms with van der Waals surface area (Å²) in [6, 6.07) is 10.5. The standard InChI is InChI=1S/C22H31FN4O/c1-3-12-27-15-19(9-10-20(27)22(24)28)25(2)21(17-7-5-4-6-8-17)16-26-13-11-18(23)14-26/h4-10,18,21H,3,11-16H2,1-2H3,(H2,24,28)/t18-,21+/m0/s1. The van der Waals surface area contributed by atoms with E-state index in [2.05, 4.69) is 35.9 Å². The lowest BCUT2D eigenvalue weighted by atomic mass is 10.0. The summed E-state index contributed by atoms with van der Waals surface area (Å²) in [6.07, 6.45) is 4.64. The van der Waals surface area contributed by atoms with Gasteiger partial charge >= 0.3 is 0 Å². The lowest BCUT2D eigenvalue weighted by molar-refractivity contribution is -0.116. The van der Waals surface area contributed by atoms with Gasteiger partial charge in [0.05, 0.1) is 12.6 Å². The fourth-order valence-electron chi connectivity index (χ4n) is 4.07. The van der Waals surface area contributed by atoms with Crippen molar-refractivity contribution < 1.29 is 9.18 Å². The van der Waals surface area contributed by atoms with Crippen LogP contribution in [0.25, 0.3) is 0 Å². The second-order valence-electron chi connectivity index (χ2n) is 7.68. The van der Waals surface area contributed by atoms with Crippen molar-refractivity contribution in [2.24, 2.45) is 5.73 Å². The maximum atomic E-state index is 13.7. The van der Waals surface area contributed by atoms with E-state index in [1.165, 1.54) is 5.56 Å². The van der Waals surface area contributed by atoms with Crippen LogP contribution < -0.4 is 5.73 Å². The van der Waals surface area contributed by atoms with Gasteiger partial charge in [-0.2, -0.15) is 0 Å². The topological polar surface area (TPSA) is 52.8 Å². The second kappa shape index (κ2) is 9.24. The minimum atomic E-state index is -0.725. The SMILES string of the molecule is CCCN1CC(N(C)[C@H](CN2CC[C@H](F)C2)c2ccccc2)=CC=C1C(N)=O. The van der Waals surface area contributed by atoms with Crippen LogP contribution in [-0.4, -0.2) is 66.6 Å². The van der Waals surface area contributed by atoms with Crippen LogP contribution in [0.2, 0.25) is 0 Å². The number of carbonyl (C=O) groups is 1. The molecule has 2 atom stereocenters. The quantitative estimate of drug-likeness (QED) is 0.746. The van der Waals surface area contributed by atoms with E-state index in [1.54, 1.807) is 0 Å². The zero-order valence-corrected chi connectivity index (χ0v) is 16.9. The molecule has 28 heavy (non-hydrogen) atoms. The Morgan fingerprint density at radius 1 is 1.32 bits per heavy atom. The number of rotatable bonds is 8. The normalized spacial score (nSPS) is 21.2. The Kier molecular flexibility index (Phi) is 6.73. The number of allylic oxidation sites excluding steroid dienone is 2. The number of halogens is 1. The van der Waals surface area contributed by atoms with Crippen LogP contribution in [0.4, 0.5) is 4.39 Å². The smallest absolute Gasteiger partial charge is 0.264 e. The Balaban J connectivity index is 1.84. The number of nitrogens with two attached hydrogens (primary N) is 1. The first-order chi connectivity index (χ1) is 13.5. The third kappa shape index (κ3) is 4.73. The molecule has 1 saturated heterocycles. The van der Waals surface area contributed by atoms with Gasteiger partial charge in [-0.05, 0) is 30.6 Å². The van der Waals surface area contributed by atoms with Crippen molar-refractivity contribution >= 4 is 5.91 Å². The number of nitrogens with zero attached hydrogens (tertiary/aromatic N) is 3. The third-order valence-corrected chi connectivity index (χ3v) is 5.62. The highest BCUT2D eigenvalue weighted by Crippen LogP contribution is 2.28. The van der Waals surface area contributed by atoms with Gasteiger partial charge in [0.25, 0.3) is 5.91 Å². The number of hydrogen-bond acceptors (Lipinski definition) is 4. The Labute approximate surface area is 167 Å². The van der Waals surface area contributed by atoms with Crippen LogP contribution in [0.1, 0.15) is 31.4 Å². The number of amides is 1. The van der Waals surface area contributed by atoms with Crippen molar-refractivity contribution in [3.8, 4) is 0 Å².